The van der Waals surface area contributed by atoms with Crippen molar-refractivity contribution in [3.63, 3.8) is 0 Å². The van der Waals surface area contributed by atoms with Gasteiger partial charge in [0, 0.05) is 12.1 Å². The molecule has 0 saturated carbocycles. The molecule has 21 heavy (non-hydrogen) atoms. The normalized spacial score (nSPS) is 11.8. The number of rotatable bonds is 7. The fourth-order valence-electron chi connectivity index (χ4n) is 2.02. The Morgan fingerprint density at radius 1 is 1.05 bits per heavy atom. The van der Waals surface area contributed by atoms with Gasteiger partial charge in [-0.1, -0.05) is 20.8 Å². The number of aliphatic hydroxyl groups excluding tert-OH is 2. The van der Waals surface area contributed by atoms with Gasteiger partial charge >= 0.3 is 0 Å². The summed E-state index contributed by atoms with van der Waals surface area (Å²) in [6.07, 6.45) is 0. The third-order valence-corrected chi connectivity index (χ3v) is 3.48. The minimum absolute atomic E-state index is 0.00868. The summed E-state index contributed by atoms with van der Waals surface area (Å²) < 4.78 is 11.0. The van der Waals surface area contributed by atoms with Gasteiger partial charge in [-0.15, -0.1) is 0 Å². The van der Waals surface area contributed by atoms with Crippen LogP contribution in [-0.2, 0) is 12.0 Å². The number of ether oxygens (including phenoxy) is 2. The second kappa shape index (κ2) is 7.64. The number of hydrogen-bond donors (Lipinski definition) is 3. The number of aliphatic hydroxyl groups is 2. The van der Waals surface area contributed by atoms with Crippen molar-refractivity contribution in [2.75, 3.05) is 27.4 Å². The van der Waals surface area contributed by atoms with Gasteiger partial charge in [0.25, 0.3) is 0 Å². The first kappa shape index (κ1) is 17.8. The molecule has 0 heterocycles. The van der Waals surface area contributed by atoms with Gasteiger partial charge in [0.05, 0.1) is 33.5 Å². The van der Waals surface area contributed by atoms with Gasteiger partial charge in [-0.2, -0.15) is 0 Å². The lowest BCUT2D eigenvalue weighted by Gasteiger charge is -2.24. The summed E-state index contributed by atoms with van der Waals surface area (Å²) in [6, 6.07) is 3.65. The van der Waals surface area contributed by atoms with Crippen molar-refractivity contribution in [2.45, 2.75) is 38.8 Å². The molecule has 1 aromatic rings. The summed E-state index contributed by atoms with van der Waals surface area (Å²) in [5, 5.41) is 21.3. The van der Waals surface area contributed by atoms with E-state index in [4.69, 9.17) is 19.7 Å². The summed E-state index contributed by atoms with van der Waals surface area (Å²) in [6.45, 7) is 6.59. The highest BCUT2D eigenvalue weighted by Crippen LogP contribution is 2.35. The van der Waals surface area contributed by atoms with Crippen LogP contribution in [0, 0.1) is 0 Å². The monoisotopic (exact) mass is 297 g/mol. The lowest BCUT2D eigenvalue weighted by molar-refractivity contribution is 0.169. The van der Waals surface area contributed by atoms with Crippen molar-refractivity contribution in [1.82, 2.24) is 5.32 Å². The number of hydrogen-bond acceptors (Lipinski definition) is 5. The van der Waals surface area contributed by atoms with Crippen molar-refractivity contribution in [3.8, 4) is 11.5 Å². The molecule has 0 unspecified atom stereocenters. The molecule has 0 saturated heterocycles. The van der Waals surface area contributed by atoms with Gasteiger partial charge < -0.3 is 25.0 Å². The Morgan fingerprint density at radius 2 is 1.52 bits per heavy atom. The van der Waals surface area contributed by atoms with Crippen LogP contribution in [0.15, 0.2) is 12.1 Å². The fourth-order valence-corrected chi connectivity index (χ4v) is 2.02. The second-order valence-corrected chi connectivity index (χ2v) is 6.05. The first-order valence-electron chi connectivity index (χ1n) is 7.07. The quantitative estimate of drug-likeness (QED) is 0.710. The van der Waals surface area contributed by atoms with Crippen LogP contribution in [0.4, 0.5) is 0 Å². The third kappa shape index (κ3) is 4.59. The molecule has 5 nitrogen and oxygen atoms in total. The lowest BCUT2D eigenvalue weighted by atomic mass is 9.86. The van der Waals surface area contributed by atoms with E-state index < -0.39 is 0 Å². The third-order valence-electron chi connectivity index (χ3n) is 3.48. The summed E-state index contributed by atoms with van der Waals surface area (Å²) in [4.78, 5) is 0. The van der Waals surface area contributed by atoms with E-state index in [2.05, 4.69) is 26.1 Å². The molecule has 5 heteroatoms. The summed E-state index contributed by atoms with van der Waals surface area (Å²) >= 11 is 0. The fraction of sp³-hybridized carbons (Fsp3) is 0.625. The number of benzene rings is 1. The lowest BCUT2D eigenvalue weighted by Crippen LogP contribution is -2.35. The molecule has 120 valence electrons. The Kier molecular flexibility index (Phi) is 6.45. The van der Waals surface area contributed by atoms with Crippen LogP contribution in [0.2, 0.25) is 0 Å². The molecule has 0 aliphatic carbocycles. The molecule has 0 aliphatic rings. The van der Waals surface area contributed by atoms with Crippen molar-refractivity contribution in [1.29, 1.82) is 0 Å². The van der Waals surface area contributed by atoms with Gasteiger partial charge in [0.2, 0.25) is 0 Å². The van der Waals surface area contributed by atoms with Crippen molar-refractivity contribution >= 4 is 0 Å². The van der Waals surface area contributed by atoms with E-state index in [9.17, 15) is 0 Å². The minimum Gasteiger partial charge on any atom is -0.496 e. The first-order valence-corrected chi connectivity index (χ1v) is 7.07. The zero-order valence-electron chi connectivity index (χ0n) is 13.6. The Labute approximate surface area is 126 Å². The van der Waals surface area contributed by atoms with E-state index in [-0.39, 0.29) is 24.7 Å². The topological polar surface area (TPSA) is 71.0 Å². The van der Waals surface area contributed by atoms with Crippen molar-refractivity contribution in [2.24, 2.45) is 0 Å². The van der Waals surface area contributed by atoms with E-state index >= 15 is 0 Å². The van der Waals surface area contributed by atoms with E-state index in [0.29, 0.717) is 6.54 Å². The maximum atomic E-state index is 9.12. The zero-order valence-corrected chi connectivity index (χ0v) is 13.6. The summed E-state index contributed by atoms with van der Waals surface area (Å²) in [5.74, 6) is 1.47. The highest BCUT2D eigenvalue weighted by atomic mass is 16.5. The first-order chi connectivity index (χ1) is 9.87. The predicted octanol–water partition coefficient (Wildman–Crippen LogP) is 1.44. The van der Waals surface area contributed by atoms with E-state index in [0.717, 1.165) is 22.6 Å². The summed E-state index contributed by atoms with van der Waals surface area (Å²) in [5.41, 5.74) is 1.99. The predicted molar refractivity (Wildman–Crippen MR) is 83.0 cm³/mol. The molecule has 0 aromatic heterocycles. The van der Waals surface area contributed by atoms with E-state index in [1.807, 2.05) is 12.1 Å². The zero-order chi connectivity index (χ0) is 16.0. The van der Waals surface area contributed by atoms with E-state index in [1.165, 1.54) is 0 Å². The molecule has 1 rings (SSSR count). The van der Waals surface area contributed by atoms with Gasteiger partial charge in [-0.25, -0.2) is 0 Å². The number of nitrogens with one attached hydrogen (secondary N) is 1. The maximum absolute atomic E-state index is 9.12. The molecule has 0 fully saturated rings. The molecule has 0 spiro atoms. The average molecular weight is 297 g/mol. The highest BCUT2D eigenvalue weighted by molar-refractivity contribution is 5.49. The van der Waals surface area contributed by atoms with Crippen LogP contribution in [0.25, 0.3) is 0 Å². The molecule has 0 atom stereocenters. The minimum atomic E-state index is -0.360. The Balaban J connectivity index is 3.12. The molecular weight excluding hydrogens is 270 g/mol. The van der Waals surface area contributed by atoms with Crippen LogP contribution in [-0.4, -0.2) is 43.7 Å². The molecular formula is C16H27NO4. The van der Waals surface area contributed by atoms with Gasteiger partial charge in [0.1, 0.15) is 11.5 Å². The molecule has 0 bridgehead atoms. The SMILES string of the molecule is COc1cc(C(C)(C)C)cc(OC)c1CNC(CO)CO. The van der Waals surface area contributed by atoms with Crippen LogP contribution in [0.1, 0.15) is 31.9 Å². The Hall–Kier alpha value is -1.30. The Morgan fingerprint density at radius 3 is 1.86 bits per heavy atom. The Bertz CT molecular complexity index is 425. The standard InChI is InChI=1S/C16H27NO4/c1-16(2,3)11-6-14(20-4)13(15(7-11)21-5)8-17-12(9-18)10-19/h6-7,12,17-19H,8-10H2,1-5H3. The average Bonchev–Trinajstić information content (AvgIpc) is 2.46. The summed E-state index contributed by atoms with van der Waals surface area (Å²) in [7, 11) is 3.25. The van der Waals surface area contributed by atoms with Crippen LogP contribution in [0.5, 0.6) is 11.5 Å². The molecule has 0 aliphatic heterocycles. The van der Waals surface area contributed by atoms with E-state index in [1.54, 1.807) is 14.2 Å². The van der Waals surface area contributed by atoms with Crippen molar-refractivity contribution < 1.29 is 19.7 Å². The van der Waals surface area contributed by atoms with Gasteiger partial charge in [0.15, 0.2) is 0 Å². The molecule has 0 radical (unpaired) electrons. The molecule has 0 amide bonds. The van der Waals surface area contributed by atoms with Crippen LogP contribution >= 0.6 is 0 Å². The molecule has 3 N–H and O–H groups in total. The van der Waals surface area contributed by atoms with Gasteiger partial charge in [-0.05, 0) is 23.1 Å². The second-order valence-electron chi connectivity index (χ2n) is 6.05. The molecule has 1 aromatic carbocycles. The number of methoxy groups -OCH3 is 2. The van der Waals surface area contributed by atoms with Crippen molar-refractivity contribution in [3.05, 3.63) is 23.3 Å². The highest BCUT2D eigenvalue weighted by Gasteiger charge is 2.20. The van der Waals surface area contributed by atoms with Gasteiger partial charge in [-0.3, -0.25) is 0 Å². The smallest absolute Gasteiger partial charge is 0.127 e. The van der Waals surface area contributed by atoms with Crippen LogP contribution in [0.3, 0.4) is 0 Å². The maximum Gasteiger partial charge on any atom is 0.127 e. The van der Waals surface area contributed by atoms with Crippen LogP contribution < -0.4 is 14.8 Å². The largest absolute Gasteiger partial charge is 0.496 e.